The molecule has 2 aliphatic rings. The number of carboxylic acids is 1. The second-order valence-electron chi connectivity index (χ2n) is 11.0. The number of hydrogen-bond donors (Lipinski definition) is 3. The summed E-state index contributed by atoms with van der Waals surface area (Å²) in [5.74, 6) is -2.14. The molecule has 0 saturated carbocycles. The number of benzene rings is 3. The monoisotopic (exact) mass is 581 g/mol. The van der Waals surface area contributed by atoms with Crippen molar-refractivity contribution in [1.29, 1.82) is 0 Å². The van der Waals surface area contributed by atoms with E-state index in [2.05, 4.69) is 16.7 Å². The van der Waals surface area contributed by atoms with E-state index in [0.717, 1.165) is 62.1 Å². The maximum absolute atomic E-state index is 14.4. The summed E-state index contributed by atoms with van der Waals surface area (Å²) in [4.78, 5) is 16.8. The molecule has 0 amide bonds. The largest absolute Gasteiger partial charge is 0.478 e. The predicted octanol–water partition coefficient (Wildman–Crippen LogP) is 7.84. The summed E-state index contributed by atoms with van der Waals surface area (Å²) in [6.07, 6.45) is 5.02. The maximum atomic E-state index is 14.4. The van der Waals surface area contributed by atoms with Gasteiger partial charge in [-0.3, -0.25) is 14.0 Å². The van der Waals surface area contributed by atoms with E-state index in [-0.39, 0.29) is 6.04 Å². The van der Waals surface area contributed by atoms with Crippen molar-refractivity contribution in [2.75, 3.05) is 31.1 Å². The number of carboxylic acid groups (broad SMARTS) is 1. The molecule has 1 atom stereocenters. The number of halogens is 1. The van der Waals surface area contributed by atoms with E-state index in [1.165, 1.54) is 12.1 Å². The van der Waals surface area contributed by atoms with Crippen LogP contribution in [0, 0.1) is 5.82 Å². The van der Waals surface area contributed by atoms with Crippen LogP contribution in [0.15, 0.2) is 65.6 Å². The number of hydrogen-bond acceptors (Lipinski definition) is 6. The number of likely N-dealkylation sites (tertiary alicyclic amines) is 1. The zero-order valence-corrected chi connectivity index (χ0v) is 24.6. The highest BCUT2D eigenvalue weighted by Crippen LogP contribution is 2.60. The van der Waals surface area contributed by atoms with Crippen molar-refractivity contribution in [3.8, 4) is 11.1 Å². The van der Waals surface area contributed by atoms with Crippen molar-refractivity contribution in [2.45, 2.75) is 63.4 Å². The zero-order valence-electron chi connectivity index (χ0n) is 23.8. The molecule has 3 aromatic rings. The Labute approximate surface area is 243 Å². The quantitative estimate of drug-likeness (QED) is 0.237. The Morgan fingerprint density at radius 2 is 1.76 bits per heavy atom. The molecule has 7 nitrogen and oxygen atoms in total. The SMILES string of the molecule is CCCCC1CN(c2ccccc2)c2cc(CN3CCCC3)c(-c3ccc(F)c(C(=O)O)c3)cc2S(O)(O)N1CC. The van der Waals surface area contributed by atoms with E-state index >= 15 is 0 Å². The highest BCUT2D eigenvalue weighted by Gasteiger charge is 2.39. The van der Waals surface area contributed by atoms with Gasteiger partial charge < -0.3 is 10.0 Å². The van der Waals surface area contributed by atoms with Crippen LogP contribution in [0.3, 0.4) is 0 Å². The number of fused-ring (bicyclic) bond motifs is 1. The van der Waals surface area contributed by atoms with Crippen LogP contribution in [0.1, 0.15) is 61.9 Å². The van der Waals surface area contributed by atoms with E-state index in [9.17, 15) is 23.4 Å². The highest BCUT2D eigenvalue weighted by atomic mass is 32.3. The Balaban J connectivity index is 1.76. The van der Waals surface area contributed by atoms with Gasteiger partial charge in [0.05, 0.1) is 16.1 Å². The Kier molecular flexibility index (Phi) is 9.01. The molecule has 9 heteroatoms. The normalized spacial score (nSPS) is 20.0. The van der Waals surface area contributed by atoms with E-state index in [0.29, 0.717) is 35.7 Å². The van der Waals surface area contributed by atoms with E-state index < -0.39 is 28.1 Å². The van der Waals surface area contributed by atoms with Crippen LogP contribution < -0.4 is 4.90 Å². The van der Waals surface area contributed by atoms with Crippen LogP contribution in [0.4, 0.5) is 15.8 Å². The Morgan fingerprint density at radius 1 is 1.02 bits per heavy atom. The van der Waals surface area contributed by atoms with Crippen molar-refractivity contribution in [1.82, 2.24) is 9.21 Å². The standard InChI is InChI=1S/C32H40FN3O4S/c1-3-5-11-26-22-35(25-12-7-6-8-13-25)30-19-24(21-34-16-9-10-17-34)27(20-31(30)41(39,40)36(26)4-2)23-14-15-29(33)28(18-23)32(37)38/h6-8,12-15,18-20,26,39-40H,3-5,9-11,16-17,21-22H2,1-2H3,(H,37,38). The third-order valence-electron chi connectivity index (χ3n) is 8.27. The maximum Gasteiger partial charge on any atom is 0.338 e. The topological polar surface area (TPSA) is 87.5 Å². The summed E-state index contributed by atoms with van der Waals surface area (Å²) in [6.45, 7) is 7.70. The van der Waals surface area contributed by atoms with Gasteiger partial charge in [-0.05, 0) is 85.4 Å². The smallest absolute Gasteiger partial charge is 0.338 e. The van der Waals surface area contributed by atoms with Crippen molar-refractivity contribution in [3.63, 3.8) is 0 Å². The number of anilines is 2. The van der Waals surface area contributed by atoms with Crippen LogP contribution >= 0.6 is 10.8 Å². The van der Waals surface area contributed by atoms with Gasteiger partial charge in [0.25, 0.3) is 0 Å². The molecule has 0 spiro atoms. The van der Waals surface area contributed by atoms with Gasteiger partial charge in [0, 0.05) is 31.4 Å². The molecule has 2 aliphatic heterocycles. The molecule has 1 fully saturated rings. The summed E-state index contributed by atoms with van der Waals surface area (Å²) in [5.41, 5.74) is 3.48. The van der Waals surface area contributed by atoms with Gasteiger partial charge in [0.2, 0.25) is 0 Å². The first-order chi connectivity index (χ1) is 19.7. The summed E-state index contributed by atoms with van der Waals surface area (Å²) in [5, 5.41) is 9.64. The highest BCUT2D eigenvalue weighted by molar-refractivity contribution is 8.22. The van der Waals surface area contributed by atoms with Crippen LogP contribution in [0.5, 0.6) is 0 Å². The van der Waals surface area contributed by atoms with E-state index in [4.69, 9.17) is 0 Å². The van der Waals surface area contributed by atoms with Crippen molar-refractivity contribution in [3.05, 3.63) is 77.6 Å². The Morgan fingerprint density at radius 3 is 2.41 bits per heavy atom. The minimum Gasteiger partial charge on any atom is -0.478 e. The van der Waals surface area contributed by atoms with Gasteiger partial charge in [-0.25, -0.2) is 9.18 Å². The minimum atomic E-state index is -3.41. The third kappa shape index (κ3) is 6.01. The molecule has 220 valence electrons. The molecule has 1 unspecified atom stereocenters. The number of aromatic carboxylic acids is 1. The van der Waals surface area contributed by atoms with Crippen LogP contribution in [0.25, 0.3) is 11.1 Å². The molecule has 3 aromatic carbocycles. The molecule has 5 rings (SSSR count). The van der Waals surface area contributed by atoms with Crippen molar-refractivity contribution in [2.24, 2.45) is 0 Å². The molecule has 3 N–H and O–H groups in total. The first-order valence-electron chi connectivity index (χ1n) is 14.5. The molecule has 0 aromatic heterocycles. The molecule has 0 aliphatic carbocycles. The molecule has 0 bridgehead atoms. The lowest BCUT2D eigenvalue weighted by Crippen LogP contribution is -2.41. The van der Waals surface area contributed by atoms with Crippen molar-refractivity contribution < 1.29 is 23.4 Å². The molecule has 2 heterocycles. The van der Waals surface area contributed by atoms with Gasteiger partial charge in [0.15, 0.2) is 0 Å². The lowest BCUT2D eigenvalue weighted by molar-refractivity contribution is 0.0692. The second-order valence-corrected chi connectivity index (χ2v) is 12.9. The average Bonchev–Trinajstić information content (AvgIpc) is 3.45. The van der Waals surface area contributed by atoms with Gasteiger partial charge in [0.1, 0.15) is 5.82 Å². The second kappa shape index (κ2) is 12.5. The first-order valence-corrected chi connectivity index (χ1v) is 16.0. The van der Waals surface area contributed by atoms with Gasteiger partial charge in [-0.1, -0.05) is 51.0 Å². The van der Waals surface area contributed by atoms with Crippen LogP contribution in [-0.4, -0.2) is 61.6 Å². The third-order valence-corrected chi connectivity index (χ3v) is 10.4. The molecule has 1 saturated heterocycles. The lowest BCUT2D eigenvalue weighted by atomic mass is 9.96. The molecule has 41 heavy (non-hydrogen) atoms. The number of carbonyl (C=O) groups is 1. The zero-order chi connectivity index (χ0) is 29.1. The average molecular weight is 582 g/mol. The molecular formula is C32H40FN3O4S. The lowest BCUT2D eigenvalue weighted by Gasteiger charge is -2.45. The van der Waals surface area contributed by atoms with Crippen LogP contribution in [-0.2, 0) is 6.54 Å². The first kappa shape index (κ1) is 29.5. The number of nitrogens with zero attached hydrogens (tertiary/aromatic N) is 3. The number of likely N-dealkylation sites (N-methyl/N-ethyl adjacent to an activating group) is 1. The van der Waals surface area contributed by atoms with E-state index in [1.807, 2.05) is 53.7 Å². The van der Waals surface area contributed by atoms with Crippen molar-refractivity contribution >= 4 is 28.1 Å². The number of unbranched alkanes of at least 4 members (excludes halogenated alkanes) is 1. The van der Waals surface area contributed by atoms with Gasteiger partial charge >= 0.3 is 5.97 Å². The molecule has 0 radical (unpaired) electrons. The fourth-order valence-electron chi connectivity index (χ4n) is 6.18. The Bertz CT molecular complexity index is 1380. The van der Waals surface area contributed by atoms with Gasteiger partial charge in [-0.2, -0.15) is 4.31 Å². The number of para-hydroxylation sites is 1. The summed E-state index contributed by atoms with van der Waals surface area (Å²) in [6, 6.07) is 17.9. The number of rotatable bonds is 9. The fraction of sp³-hybridized carbons (Fsp3) is 0.406. The summed E-state index contributed by atoms with van der Waals surface area (Å²) in [7, 11) is -3.41. The minimum absolute atomic E-state index is 0.0903. The van der Waals surface area contributed by atoms with Gasteiger partial charge in [-0.15, -0.1) is 10.8 Å². The summed E-state index contributed by atoms with van der Waals surface area (Å²) < 4.78 is 40.3. The predicted molar refractivity (Wildman–Crippen MR) is 164 cm³/mol. The molecular weight excluding hydrogens is 541 g/mol. The summed E-state index contributed by atoms with van der Waals surface area (Å²) >= 11 is 0. The Hall–Kier alpha value is -2.95. The van der Waals surface area contributed by atoms with E-state index in [1.54, 1.807) is 6.07 Å². The fourth-order valence-corrected chi connectivity index (χ4v) is 8.11. The van der Waals surface area contributed by atoms with Crippen LogP contribution in [0.2, 0.25) is 0 Å².